The van der Waals surface area contributed by atoms with Gasteiger partial charge >= 0.3 is 12.2 Å². The van der Waals surface area contributed by atoms with Crippen molar-refractivity contribution in [2.45, 2.75) is 19.1 Å². The van der Waals surface area contributed by atoms with Crippen LogP contribution in [-0.4, -0.2) is 30.7 Å². The molecule has 0 radical (unpaired) electrons. The number of anilines is 1. The molecule has 8 heteroatoms. The molecule has 0 heterocycles. The molecule has 0 bridgehead atoms. The monoisotopic (exact) mass is 289 g/mol. The number of hydrogen-bond donors (Lipinski definition) is 3. The van der Waals surface area contributed by atoms with E-state index in [4.69, 9.17) is 0 Å². The zero-order valence-corrected chi connectivity index (χ0v) is 10.6. The first-order valence-electron chi connectivity index (χ1n) is 5.75. The Bertz CT molecular complexity index is 463. The Labute approximate surface area is 113 Å². The number of halogens is 3. The van der Waals surface area contributed by atoms with Crippen LogP contribution in [0.2, 0.25) is 0 Å². The van der Waals surface area contributed by atoms with Gasteiger partial charge in [0.2, 0.25) is 5.91 Å². The van der Waals surface area contributed by atoms with Gasteiger partial charge in [-0.25, -0.2) is 4.79 Å². The molecule has 0 aliphatic carbocycles. The van der Waals surface area contributed by atoms with Gasteiger partial charge in [0.1, 0.15) is 12.6 Å². The summed E-state index contributed by atoms with van der Waals surface area (Å²) in [5.41, 5.74) is 0.507. The average molecular weight is 289 g/mol. The van der Waals surface area contributed by atoms with E-state index in [9.17, 15) is 22.8 Å². The first-order valence-corrected chi connectivity index (χ1v) is 5.75. The number of carbonyl (C=O) groups is 2. The summed E-state index contributed by atoms with van der Waals surface area (Å²) < 4.78 is 35.7. The number of carbonyl (C=O) groups excluding carboxylic acids is 2. The number of nitrogens with one attached hydrogen (secondary N) is 3. The molecule has 3 N–H and O–H groups in total. The molecular formula is C12H14F3N3O2. The van der Waals surface area contributed by atoms with Gasteiger partial charge in [-0.1, -0.05) is 18.2 Å². The highest BCUT2D eigenvalue weighted by molar-refractivity contribution is 5.93. The lowest BCUT2D eigenvalue weighted by Gasteiger charge is -2.15. The van der Waals surface area contributed by atoms with E-state index in [1.165, 1.54) is 6.92 Å². The van der Waals surface area contributed by atoms with E-state index in [0.29, 0.717) is 5.69 Å². The number of para-hydroxylation sites is 1. The van der Waals surface area contributed by atoms with Crippen LogP contribution in [-0.2, 0) is 4.79 Å². The Morgan fingerprint density at radius 1 is 1.20 bits per heavy atom. The third-order valence-corrected chi connectivity index (χ3v) is 2.24. The molecule has 0 saturated heterocycles. The van der Waals surface area contributed by atoms with Gasteiger partial charge < -0.3 is 16.0 Å². The van der Waals surface area contributed by atoms with Crippen molar-refractivity contribution in [2.24, 2.45) is 0 Å². The summed E-state index contributed by atoms with van der Waals surface area (Å²) in [5.74, 6) is -0.912. The SMILES string of the molecule is CC(NC(=O)Nc1ccccc1)C(=O)NCC(F)(F)F. The maximum absolute atomic E-state index is 11.9. The van der Waals surface area contributed by atoms with E-state index in [0.717, 1.165) is 0 Å². The van der Waals surface area contributed by atoms with E-state index in [1.807, 2.05) is 0 Å². The van der Waals surface area contributed by atoms with Crippen LogP contribution < -0.4 is 16.0 Å². The maximum atomic E-state index is 11.9. The highest BCUT2D eigenvalue weighted by Crippen LogP contribution is 2.12. The summed E-state index contributed by atoms with van der Waals surface area (Å²) in [6.07, 6.45) is -4.48. The molecule has 5 nitrogen and oxygen atoms in total. The van der Waals surface area contributed by atoms with Crippen LogP contribution in [0.3, 0.4) is 0 Å². The lowest BCUT2D eigenvalue weighted by molar-refractivity contribution is -0.139. The predicted molar refractivity (Wildman–Crippen MR) is 67.1 cm³/mol. The van der Waals surface area contributed by atoms with Crippen LogP contribution in [0, 0.1) is 0 Å². The highest BCUT2D eigenvalue weighted by Gasteiger charge is 2.28. The lowest BCUT2D eigenvalue weighted by atomic mass is 10.3. The van der Waals surface area contributed by atoms with Crippen molar-refractivity contribution in [3.05, 3.63) is 30.3 Å². The lowest BCUT2D eigenvalue weighted by Crippen LogP contribution is -2.48. The Hall–Kier alpha value is -2.25. The fourth-order valence-corrected chi connectivity index (χ4v) is 1.29. The number of urea groups is 1. The molecule has 0 aliphatic heterocycles. The van der Waals surface area contributed by atoms with Crippen molar-refractivity contribution in [3.8, 4) is 0 Å². The summed E-state index contributed by atoms with van der Waals surface area (Å²) in [7, 11) is 0. The van der Waals surface area contributed by atoms with Gasteiger partial charge in [0.15, 0.2) is 0 Å². The van der Waals surface area contributed by atoms with Gasteiger partial charge in [0, 0.05) is 5.69 Å². The van der Waals surface area contributed by atoms with Crippen molar-refractivity contribution in [2.75, 3.05) is 11.9 Å². The molecule has 1 rings (SSSR count). The molecule has 1 atom stereocenters. The third kappa shape index (κ3) is 6.07. The Morgan fingerprint density at radius 3 is 2.35 bits per heavy atom. The van der Waals surface area contributed by atoms with E-state index in [-0.39, 0.29) is 0 Å². The Balaban J connectivity index is 2.39. The van der Waals surface area contributed by atoms with Gasteiger partial charge in [-0.05, 0) is 19.1 Å². The van der Waals surface area contributed by atoms with Gasteiger partial charge in [-0.3, -0.25) is 4.79 Å². The van der Waals surface area contributed by atoms with Crippen molar-refractivity contribution < 1.29 is 22.8 Å². The fraction of sp³-hybridized carbons (Fsp3) is 0.333. The van der Waals surface area contributed by atoms with E-state index < -0.39 is 30.7 Å². The number of benzene rings is 1. The number of rotatable bonds is 4. The van der Waals surface area contributed by atoms with Crippen LogP contribution in [0.15, 0.2) is 30.3 Å². The van der Waals surface area contributed by atoms with Crippen molar-refractivity contribution >= 4 is 17.6 Å². The molecule has 1 aromatic rings. The first-order chi connectivity index (χ1) is 9.28. The molecule has 1 unspecified atom stereocenters. The normalized spacial score (nSPS) is 12.4. The Morgan fingerprint density at radius 2 is 1.80 bits per heavy atom. The van der Waals surface area contributed by atoms with Crippen LogP contribution in [0.1, 0.15) is 6.92 Å². The quantitative estimate of drug-likeness (QED) is 0.792. The van der Waals surface area contributed by atoms with Gasteiger partial charge in [-0.2, -0.15) is 13.2 Å². The molecule has 0 saturated carbocycles. The first kappa shape index (κ1) is 15.8. The predicted octanol–water partition coefficient (Wildman–Crippen LogP) is 1.88. The number of alkyl halides is 3. The molecule has 3 amide bonds. The molecule has 20 heavy (non-hydrogen) atoms. The second-order valence-corrected chi connectivity index (χ2v) is 4.02. The maximum Gasteiger partial charge on any atom is 0.405 e. The van der Waals surface area contributed by atoms with Gasteiger partial charge in [0.25, 0.3) is 0 Å². The summed E-state index contributed by atoms with van der Waals surface area (Å²) >= 11 is 0. The van der Waals surface area contributed by atoms with Crippen LogP contribution in [0.25, 0.3) is 0 Å². The fourth-order valence-electron chi connectivity index (χ4n) is 1.29. The summed E-state index contributed by atoms with van der Waals surface area (Å²) in [6, 6.07) is 6.68. The largest absolute Gasteiger partial charge is 0.405 e. The summed E-state index contributed by atoms with van der Waals surface area (Å²) in [5, 5.41) is 6.37. The number of amides is 3. The molecule has 1 aromatic carbocycles. The van der Waals surface area contributed by atoms with Crippen molar-refractivity contribution in [1.29, 1.82) is 0 Å². The standard InChI is InChI=1S/C12H14F3N3O2/c1-8(10(19)16-7-12(13,14)15)17-11(20)18-9-5-3-2-4-6-9/h2-6,8H,7H2,1H3,(H,16,19)(H2,17,18,20). The smallest absolute Gasteiger partial charge is 0.345 e. The number of hydrogen-bond acceptors (Lipinski definition) is 2. The summed E-state index contributed by atoms with van der Waals surface area (Å²) in [4.78, 5) is 22.8. The molecule has 0 aromatic heterocycles. The van der Waals surface area contributed by atoms with Crippen LogP contribution in [0.5, 0.6) is 0 Å². The van der Waals surface area contributed by atoms with Crippen molar-refractivity contribution in [1.82, 2.24) is 10.6 Å². The minimum Gasteiger partial charge on any atom is -0.345 e. The molecule has 110 valence electrons. The summed E-state index contributed by atoms with van der Waals surface area (Å²) in [6.45, 7) is -0.144. The minimum absolute atomic E-state index is 0.507. The second kappa shape index (κ2) is 6.78. The average Bonchev–Trinajstić information content (AvgIpc) is 2.36. The van der Waals surface area contributed by atoms with Crippen LogP contribution >= 0.6 is 0 Å². The highest BCUT2D eigenvalue weighted by atomic mass is 19.4. The van der Waals surface area contributed by atoms with E-state index in [2.05, 4.69) is 10.6 Å². The van der Waals surface area contributed by atoms with E-state index in [1.54, 1.807) is 35.6 Å². The Kier molecular flexibility index (Phi) is 5.36. The minimum atomic E-state index is -4.48. The topological polar surface area (TPSA) is 70.2 Å². The zero-order valence-electron chi connectivity index (χ0n) is 10.6. The second-order valence-electron chi connectivity index (χ2n) is 4.02. The van der Waals surface area contributed by atoms with Gasteiger partial charge in [-0.15, -0.1) is 0 Å². The van der Waals surface area contributed by atoms with Crippen LogP contribution in [0.4, 0.5) is 23.7 Å². The molecule has 0 aliphatic rings. The van der Waals surface area contributed by atoms with E-state index >= 15 is 0 Å². The molecule has 0 spiro atoms. The third-order valence-electron chi connectivity index (χ3n) is 2.24. The zero-order chi connectivity index (χ0) is 15.2. The molecule has 0 fully saturated rings. The van der Waals surface area contributed by atoms with Gasteiger partial charge in [0.05, 0.1) is 0 Å². The molecular weight excluding hydrogens is 275 g/mol. The van der Waals surface area contributed by atoms with Crippen molar-refractivity contribution in [3.63, 3.8) is 0 Å².